The molecule has 7 heteroatoms. The predicted octanol–water partition coefficient (Wildman–Crippen LogP) is 3.58. The third-order valence-corrected chi connectivity index (χ3v) is 5.28. The average Bonchev–Trinajstić information content (AvgIpc) is 3.12. The Hall–Kier alpha value is -3.74. The molecule has 0 fully saturated rings. The lowest BCUT2D eigenvalue weighted by molar-refractivity contribution is -0.126. The Labute approximate surface area is 180 Å². The van der Waals surface area contributed by atoms with Crippen molar-refractivity contribution in [2.24, 2.45) is 0 Å². The molecule has 1 aliphatic heterocycles. The molecule has 31 heavy (non-hydrogen) atoms. The number of benzene rings is 2. The minimum Gasteiger partial charge on any atom is -0.478 e. The lowest BCUT2D eigenvalue weighted by Gasteiger charge is -2.34. The maximum Gasteiger partial charge on any atom is 0.278 e. The van der Waals surface area contributed by atoms with Crippen molar-refractivity contribution in [2.45, 2.75) is 33.3 Å². The number of hydrogen-bond acceptors (Lipinski definition) is 5. The summed E-state index contributed by atoms with van der Waals surface area (Å²) in [5.74, 6) is -0.327. The highest BCUT2D eigenvalue weighted by Gasteiger charge is 2.35. The second-order valence-electron chi connectivity index (χ2n) is 7.55. The highest BCUT2D eigenvalue weighted by molar-refractivity contribution is 6.09. The van der Waals surface area contributed by atoms with Crippen molar-refractivity contribution in [3.05, 3.63) is 77.1 Å². The molecule has 0 bridgehead atoms. The van der Waals surface area contributed by atoms with Crippen molar-refractivity contribution in [1.29, 1.82) is 0 Å². The summed E-state index contributed by atoms with van der Waals surface area (Å²) in [6.07, 6.45) is -0.200. The van der Waals surface area contributed by atoms with Gasteiger partial charge >= 0.3 is 0 Å². The van der Waals surface area contributed by atoms with Crippen molar-refractivity contribution < 1.29 is 19.1 Å². The number of ketones is 1. The zero-order chi connectivity index (χ0) is 22.1. The molecule has 2 heterocycles. The van der Waals surface area contributed by atoms with Crippen LogP contribution in [0.5, 0.6) is 5.75 Å². The Kier molecular flexibility index (Phi) is 5.42. The van der Waals surface area contributed by atoms with E-state index < -0.39 is 6.10 Å². The van der Waals surface area contributed by atoms with Crippen molar-refractivity contribution in [1.82, 2.24) is 9.78 Å². The van der Waals surface area contributed by atoms with Crippen LogP contribution in [0, 0.1) is 13.8 Å². The molecule has 3 aromatic rings. The number of carbonyl (C=O) groups is 3. The molecule has 0 spiro atoms. The number of aromatic nitrogens is 2. The van der Waals surface area contributed by atoms with Crippen LogP contribution in [-0.2, 0) is 4.79 Å². The van der Waals surface area contributed by atoms with E-state index in [1.807, 2.05) is 26.0 Å². The van der Waals surface area contributed by atoms with E-state index in [4.69, 9.17) is 4.74 Å². The van der Waals surface area contributed by atoms with Gasteiger partial charge in [-0.05, 0) is 44.5 Å². The molecule has 158 valence electrons. The topological polar surface area (TPSA) is 81.5 Å². The molecule has 0 aliphatic carbocycles. The van der Waals surface area contributed by atoms with Gasteiger partial charge in [-0.3, -0.25) is 19.3 Å². The van der Waals surface area contributed by atoms with Crippen molar-refractivity contribution in [3.63, 3.8) is 0 Å². The molecular formula is C24H23N3O4. The van der Waals surface area contributed by atoms with Gasteiger partial charge in [-0.2, -0.15) is 5.10 Å². The SMILES string of the molecule is CCC1Oc2ccc(C(=O)n3nc(C)cc3C)cc2N(CC(=O)c2ccccc2)C1=O. The van der Waals surface area contributed by atoms with E-state index in [2.05, 4.69) is 5.10 Å². The van der Waals surface area contributed by atoms with Gasteiger partial charge in [0.15, 0.2) is 11.9 Å². The second-order valence-corrected chi connectivity index (χ2v) is 7.55. The van der Waals surface area contributed by atoms with Crippen LogP contribution in [0.3, 0.4) is 0 Å². The van der Waals surface area contributed by atoms with Gasteiger partial charge in [0.2, 0.25) is 0 Å². The fraction of sp³-hybridized carbons (Fsp3) is 0.250. The zero-order valence-electron chi connectivity index (χ0n) is 17.7. The average molecular weight is 417 g/mol. The summed E-state index contributed by atoms with van der Waals surface area (Å²) in [6, 6.07) is 15.6. The number of fused-ring (bicyclic) bond motifs is 1. The first kappa shape index (κ1) is 20.5. The molecule has 0 radical (unpaired) electrons. The normalized spacial score (nSPS) is 15.4. The van der Waals surface area contributed by atoms with E-state index >= 15 is 0 Å². The number of carbonyl (C=O) groups excluding carboxylic acids is 3. The first-order chi connectivity index (χ1) is 14.9. The van der Waals surface area contributed by atoms with E-state index in [9.17, 15) is 14.4 Å². The van der Waals surface area contributed by atoms with Gasteiger partial charge < -0.3 is 4.74 Å². The number of aryl methyl sites for hydroxylation is 2. The molecule has 0 N–H and O–H groups in total. The summed E-state index contributed by atoms with van der Waals surface area (Å²) in [4.78, 5) is 40.3. The minimum absolute atomic E-state index is 0.132. The number of Topliss-reactive ketones (excluding diaryl/α,β-unsaturated/α-hetero) is 1. The van der Waals surface area contributed by atoms with Crippen LogP contribution in [0.1, 0.15) is 45.4 Å². The van der Waals surface area contributed by atoms with Gasteiger partial charge in [-0.15, -0.1) is 0 Å². The molecule has 4 rings (SSSR count). The third-order valence-electron chi connectivity index (χ3n) is 5.28. The maximum absolute atomic E-state index is 13.0. The van der Waals surface area contributed by atoms with Gasteiger partial charge in [0.25, 0.3) is 11.8 Å². The lowest BCUT2D eigenvalue weighted by Crippen LogP contribution is -2.47. The molecule has 1 unspecified atom stereocenters. The van der Waals surface area contributed by atoms with E-state index in [-0.39, 0.29) is 24.1 Å². The van der Waals surface area contributed by atoms with Crippen LogP contribution < -0.4 is 9.64 Å². The number of nitrogens with zero attached hydrogens (tertiary/aromatic N) is 3. The molecule has 1 aliphatic rings. The molecule has 0 saturated heterocycles. The molecule has 1 amide bonds. The van der Waals surface area contributed by atoms with Gasteiger partial charge in [0.05, 0.1) is 17.9 Å². The fourth-order valence-electron chi connectivity index (χ4n) is 3.69. The van der Waals surface area contributed by atoms with Crippen LogP contribution in [0.25, 0.3) is 0 Å². The van der Waals surface area contributed by atoms with Crippen LogP contribution in [-0.4, -0.2) is 40.0 Å². The summed E-state index contributed by atoms with van der Waals surface area (Å²) in [5.41, 5.74) is 2.74. The smallest absolute Gasteiger partial charge is 0.278 e. The molecule has 2 aromatic carbocycles. The molecular weight excluding hydrogens is 394 g/mol. The van der Waals surface area contributed by atoms with E-state index in [1.54, 1.807) is 49.4 Å². The first-order valence-corrected chi connectivity index (χ1v) is 10.2. The van der Waals surface area contributed by atoms with E-state index in [0.717, 1.165) is 11.4 Å². The van der Waals surface area contributed by atoms with Gasteiger partial charge in [0, 0.05) is 16.8 Å². The fourth-order valence-corrected chi connectivity index (χ4v) is 3.69. The maximum atomic E-state index is 13.0. The van der Waals surface area contributed by atoms with E-state index in [0.29, 0.717) is 29.0 Å². The summed E-state index contributed by atoms with van der Waals surface area (Å²) < 4.78 is 7.17. The number of ether oxygens (including phenoxy) is 1. The zero-order valence-corrected chi connectivity index (χ0v) is 17.7. The Morgan fingerprint density at radius 2 is 1.77 bits per heavy atom. The Balaban J connectivity index is 1.72. The molecule has 1 atom stereocenters. The van der Waals surface area contributed by atoms with Crippen LogP contribution in [0.15, 0.2) is 54.6 Å². The van der Waals surface area contributed by atoms with Crippen LogP contribution in [0.4, 0.5) is 5.69 Å². The number of rotatable bonds is 5. The van der Waals surface area contributed by atoms with Gasteiger partial charge in [0.1, 0.15) is 5.75 Å². The van der Waals surface area contributed by atoms with Crippen LogP contribution in [0.2, 0.25) is 0 Å². The Bertz CT molecular complexity index is 1170. The second kappa shape index (κ2) is 8.18. The van der Waals surface area contributed by atoms with Gasteiger partial charge in [-0.1, -0.05) is 37.3 Å². The number of amides is 1. The standard InChI is InChI=1S/C24H23N3O4/c1-4-21-24(30)26(14-20(28)17-8-6-5-7-9-17)19-13-18(10-11-22(19)31-21)23(29)27-16(3)12-15(2)25-27/h5-13,21H,4,14H2,1-3H3. The quantitative estimate of drug-likeness (QED) is 0.593. The Morgan fingerprint density at radius 1 is 1.03 bits per heavy atom. The summed E-state index contributed by atoms with van der Waals surface area (Å²) in [7, 11) is 0. The van der Waals surface area contributed by atoms with Crippen molar-refractivity contribution in [3.8, 4) is 5.75 Å². The molecule has 7 nitrogen and oxygen atoms in total. The monoisotopic (exact) mass is 417 g/mol. The minimum atomic E-state index is -0.673. The van der Waals surface area contributed by atoms with E-state index in [1.165, 1.54) is 9.58 Å². The van der Waals surface area contributed by atoms with Crippen molar-refractivity contribution >= 4 is 23.3 Å². The Morgan fingerprint density at radius 3 is 2.42 bits per heavy atom. The predicted molar refractivity (Wildman–Crippen MR) is 116 cm³/mol. The van der Waals surface area contributed by atoms with Crippen LogP contribution >= 0.6 is 0 Å². The number of hydrogen-bond donors (Lipinski definition) is 0. The number of anilines is 1. The highest BCUT2D eigenvalue weighted by atomic mass is 16.5. The summed E-state index contributed by atoms with van der Waals surface area (Å²) in [6.45, 7) is 5.34. The summed E-state index contributed by atoms with van der Waals surface area (Å²) in [5, 5.41) is 4.25. The first-order valence-electron chi connectivity index (χ1n) is 10.2. The lowest BCUT2D eigenvalue weighted by atomic mass is 10.1. The molecule has 0 saturated carbocycles. The summed E-state index contributed by atoms with van der Waals surface area (Å²) >= 11 is 0. The third kappa shape index (κ3) is 3.86. The van der Waals surface area contributed by atoms with Crippen molar-refractivity contribution in [2.75, 3.05) is 11.4 Å². The van der Waals surface area contributed by atoms with Gasteiger partial charge in [-0.25, -0.2) is 4.68 Å². The highest BCUT2D eigenvalue weighted by Crippen LogP contribution is 2.36. The largest absolute Gasteiger partial charge is 0.478 e. The molecule has 1 aromatic heterocycles.